The van der Waals surface area contributed by atoms with Gasteiger partial charge in [-0.05, 0) is 42.7 Å². The van der Waals surface area contributed by atoms with Gasteiger partial charge in [-0.1, -0.05) is 13.0 Å². The lowest BCUT2D eigenvalue weighted by molar-refractivity contribution is 0.0690. The number of hydrogen-bond acceptors (Lipinski definition) is 5. The van der Waals surface area contributed by atoms with E-state index < -0.39 is 9.84 Å². The van der Waals surface area contributed by atoms with E-state index in [9.17, 15) is 13.2 Å². The molecule has 140 valence electrons. The first-order valence-electron chi connectivity index (χ1n) is 9.06. The number of carbonyl (C=O) groups excluding carboxylic acids is 1. The molecule has 1 atom stereocenters. The lowest BCUT2D eigenvalue weighted by atomic mass is 9.99. The predicted molar refractivity (Wildman–Crippen MR) is 102 cm³/mol. The molecule has 4 rings (SSSR count). The van der Waals surface area contributed by atoms with Gasteiger partial charge in [0.1, 0.15) is 0 Å². The second-order valence-electron chi connectivity index (χ2n) is 7.37. The first-order valence-corrected chi connectivity index (χ1v) is 11.8. The number of piperidine rings is 1. The average molecular weight is 394 g/mol. The minimum Gasteiger partial charge on any atom is -0.337 e. The Bertz CT molecular complexity index is 894. The van der Waals surface area contributed by atoms with Crippen LogP contribution in [-0.4, -0.2) is 53.6 Å². The molecule has 8 heteroatoms. The minimum atomic E-state index is -3.02. The van der Waals surface area contributed by atoms with Crippen LogP contribution in [0.4, 0.5) is 0 Å². The van der Waals surface area contributed by atoms with Crippen LogP contribution in [-0.2, 0) is 9.84 Å². The molecular formula is C18H23N3O3S2. The molecule has 2 fully saturated rings. The highest BCUT2D eigenvalue weighted by atomic mass is 32.2. The van der Waals surface area contributed by atoms with Crippen LogP contribution in [0, 0.1) is 5.92 Å². The number of rotatable bonds is 3. The Balaban J connectivity index is 1.66. The summed E-state index contributed by atoms with van der Waals surface area (Å²) >= 11 is 1.57. The van der Waals surface area contributed by atoms with Gasteiger partial charge < -0.3 is 4.90 Å². The van der Waals surface area contributed by atoms with Gasteiger partial charge in [-0.2, -0.15) is 5.10 Å². The number of hydrogen-bond donors (Lipinski definition) is 0. The van der Waals surface area contributed by atoms with Gasteiger partial charge in [0.25, 0.3) is 5.91 Å². The summed E-state index contributed by atoms with van der Waals surface area (Å²) < 4.78 is 25.6. The number of amides is 1. The molecule has 0 bridgehead atoms. The maximum atomic E-state index is 12.9. The first-order chi connectivity index (χ1) is 12.4. The maximum Gasteiger partial charge on any atom is 0.274 e. The van der Waals surface area contributed by atoms with Crippen LogP contribution < -0.4 is 0 Å². The fraction of sp³-hybridized carbons (Fsp3) is 0.556. The molecule has 0 saturated carbocycles. The van der Waals surface area contributed by atoms with Gasteiger partial charge in [0.2, 0.25) is 0 Å². The van der Waals surface area contributed by atoms with E-state index in [4.69, 9.17) is 0 Å². The van der Waals surface area contributed by atoms with Gasteiger partial charge in [-0.3, -0.25) is 9.48 Å². The van der Waals surface area contributed by atoms with E-state index in [1.54, 1.807) is 16.0 Å². The van der Waals surface area contributed by atoms with Crippen molar-refractivity contribution >= 4 is 27.1 Å². The van der Waals surface area contributed by atoms with E-state index in [2.05, 4.69) is 12.0 Å². The summed E-state index contributed by atoms with van der Waals surface area (Å²) in [5.74, 6) is 0.896. The third-order valence-electron chi connectivity index (χ3n) is 5.35. The second-order valence-corrected chi connectivity index (χ2v) is 10.5. The molecule has 0 radical (unpaired) electrons. The molecule has 4 heterocycles. The smallest absolute Gasteiger partial charge is 0.274 e. The van der Waals surface area contributed by atoms with Gasteiger partial charge in [-0.15, -0.1) is 11.3 Å². The van der Waals surface area contributed by atoms with Crippen molar-refractivity contribution in [2.24, 2.45) is 5.92 Å². The molecule has 2 saturated heterocycles. The third kappa shape index (κ3) is 3.44. The van der Waals surface area contributed by atoms with E-state index in [0.29, 0.717) is 18.0 Å². The van der Waals surface area contributed by atoms with Crippen molar-refractivity contribution in [1.29, 1.82) is 0 Å². The number of aromatic nitrogens is 2. The summed E-state index contributed by atoms with van der Waals surface area (Å²) in [7, 11) is -3.02. The fourth-order valence-electron chi connectivity index (χ4n) is 3.73. The Morgan fingerprint density at radius 3 is 2.65 bits per heavy atom. The lowest BCUT2D eigenvalue weighted by Gasteiger charge is -2.29. The number of carbonyl (C=O) groups is 1. The quantitative estimate of drug-likeness (QED) is 0.804. The van der Waals surface area contributed by atoms with Crippen molar-refractivity contribution in [2.75, 3.05) is 24.6 Å². The summed E-state index contributed by atoms with van der Waals surface area (Å²) in [6, 6.07) is 5.58. The Morgan fingerprint density at radius 1 is 1.27 bits per heavy atom. The van der Waals surface area contributed by atoms with E-state index in [0.717, 1.165) is 36.5 Å². The average Bonchev–Trinajstić information content (AvgIpc) is 3.33. The largest absolute Gasteiger partial charge is 0.337 e. The molecule has 26 heavy (non-hydrogen) atoms. The predicted octanol–water partition coefficient (Wildman–Crippen LogP) is 2.84. The highest BCUT2D eigenvalue weighted by Crippen LogP contribution is 2.32. The Hall–Kier alpha value is -1.67. The Morgan fingerprint density at radius 2 is 2.04 bits per heavy atom. The molecule has 2 aromatic heterocycles. The van der Waals surface area contributed by atoms with Crippen LogP contribution in [0.2, 0.25) is 0 Å². The van der Waals surface area contributed by atoms with E-state index in [1.807, 2.05) is 28.5 Å². The summed E-state index contributed by atoms with van der Waals surface area (Å²) in [5.41, 5.74) is 1.27. The van der Waals surface area contributed by atoms with Crippen molar-refractivity contribution in [2.45, 2.75) is 32.2 Å². The zero-order chi connectivity index (χ0) is 18.3. The monoisotopic (exact) mass is 393 g/mol. The number of likely N-dealkylation sites (tertiary alicyclic amines) is 1. The van der Waals surface area contributed by atoms with Crippen LogP contribution in [0.25, 0.3) is 10.6 Å². The van der Waals surface area contributed by atoms with Gasteiger partial charge >= 0.3 is 0 Å². The molecule has 2 aliphatic heterocycles. The molecule has 0 N–H and O–H groups in total. The summed E-state index contributed by atoms with van der Waals surface area (Å²) in [6.07, 6.45) is 2.59. The zero-order valence-electron chi connectivity index (χ0n) is 14.8. The van der Waals surface area contributed by atoms with Crippen molar-refractivity contribution in [3.05, 3.63) is 29.3 Å². The van der Waals surface area contributed by atoms with Crippen LogP contribution >= 0.6 is 11.3 Å². The molecule has 0 spiro atoms. The van der Waals surface area contributed by atoms with Crippen LogP contribution in [0.1, 0.15) is 42.7 Å². The molecule has 1 amide bonds. The molecule has 0 aliphatic carbocycles. The summed E-state index contributed by atoms with van der Waals surface area (Å²) in [6.45, 7) is 3.74. The SMILES string of the molecule is CC1CCN(C(=O)c2cc(-c3cccs3)n(C3CCS(=O)(=O)C3)n2)CC1. The highest BCUT2D eigenvalue weighted by molar-refractivity contribution is 7.91. The summed E-state index contributed by atoms with van der Waals surface area (Å²) in [4.78, 5) is 15.8. The fourth-order valence-corrected chi connectivity index (χ4v) is 6.15. The van der Waals surface area contributed by atoms with E-state index in [-0.39, 0.29) is 23.5 Å². The molecule has 2 aromatic rings. The third-order valence-corrected chi connectivity index (χ3v) is 8.00. The van der Waals surface area contributed by atoms with E-state index in [1.165, 1.54) is 0 Å². The first kappa shape index (κ1) is 17.7. The van der Waals surface area contributed by atoms with Gasteiger partial charge in [-0.25, -0.2) is 8.42 Å². The lowest BCUT2D eigenvalue weighted by Crippen LogP contribution is -2.38. The van der Waals surface area contributed by atoms with Crippen molar-refractivity contribution in [3.63, 3.8) is 0 Å². The van der Waals surface area contributed by atoms with E-state index >= 15 is 0 Å². The van der Waals surface area contributed by atoms with Crippen molar-refractivity contribution in [1.82, 2.24) is 14.7 Å². The summed E-state index contributed by atoms with van der Waals surface area (Å²) in [5, 5.41) is 6.55. The minimum absolute atomic E-state index is 0.0469. The Kier molecular flexibility index (Phi) is 4.64. The zero-order valence-corrected chi connectivity index (χ0v) is 16.4. The van der Waals surface area contributed by atoms with Crippen LogP contribution in [0.15, 0.2) is 23.6 Å². The second kappa shape index (κ2) is 6.81. The normalized spacial score (nSPS) is 23.4. The number of nitrogens with zero attached hydrogens (tertiary/aromatic N) is 3. The maximum absolute atomic E-state index is 12.9. The number of sulfone groups is 1. The van der Waals surface area contributed by atoms with Crippen molar-refractivity contribution < 1.29 is 13.2 Å². The molecule has 0 aromatic carbocycles. The Labute approximate surface area is 157 Å². The van der Waals surface area contributed by atoms with Crippen LogP contribution in [0.3, 0.4) is 0 Å². The molecule has 6 nitrogen and oxygen atoms in total. The molecular weight excluding hydrogens is 370 g/mol. The topological polar surface area (TPSA) is 72.3 Å². The van der Waals surface area contributed by atoms with Crippen LogP contribution in [0.5, 0.6) is 0 Å². The van der Waals surface area contributed by atoms with Crippen molar-refractivity contribution in [3.8, 4) is 10.6 Å². The van der Waals surface area contributed by atoms with Gasteiger partial charge in [0.05, 0.1) is 28.1 Å². The van der Waals surface area contributed by atoms with Gasteiger partial charge in [0.15, 0.2) is 15.5 Å². The molecule has 1 unspecified atom stereocenters. The van der Waals surface area contributed by atoms with Gasteiger partial charge in [0, 0.05) is 13.1 Å². The number of thiophene rings is 1. The molecule has 2 aliphatic rings. The standard InChI is InChI=1S/C18H23N3O3S2/c1-13-4-7-20(8-5-13)18(22)15-11-16(17-3-2-9-25-17)21(19-15)14-6-10-26(23,24)12-14/h2-3,9,11,13-14H,4-8,10,12H2,1H3. The highest BCUT2D eigenvalue weighted by Gasteiger charge is 2.33.